The van der Waals surface area contributed by atoms with Gasteiger partial charge in [0.05, 0.1) is 20.3 Å². The molecule has 31 heavy (non-hydrogen) atoms. The molecule has 0 fully saturated rings. The lowest BCUT2D eigenvalue weighted by molar-refractivity contribution is -0.134. The number of methoxy groups -OCH3 is 1. The molecule has 0 heterocycles. The summed E-state index contributed by atoms with van der Waals surface area (Å²) in [5, 5.41) is 0. The fourth-order valence-electron chi connectivity index (χ4n) is 2.72. The van der Waals surface area contributed by atoms with Crippen molar-refractivity contribution in [1.29, 1.82) is 0 Å². The van der Waals surface area contributed by atoms with E-state index >= 15 is 0 Å². The van der Waals surface area contributed by atoms with Gasteiger partial charge in [-0.3, -0.25) is 4.79 Å². The quantitative estimate of drug-likeness (QED) is 0.226. The van der Waals surface area contributed by atoms with Crippen LogP contribution < -0.4 is 23.7 Å². The van der Waals surface area contributed by atoms with Crippen molar-refractivity contribution in [3.05, 3.63) is 72.8 Å². The molecule has 0 saturated carbocycles. The van der Waals surface area contributed by atoms with Gasteiger partial charge >= 0.3 is 5.97 Å². The van der Waals surface area contributed by atoms with Gasteiger partial charge < -0.3 is 23.7 Å². The monoisotopic (exact) mass is 422 g/mol. The molecule has 0 spiro atoms. The van der Waals surface area contributed by atoms with Gasteiger partial charge in [0.2, 0.25) is 5.75 Å². The van der Waals surface area contributed by atoms with Gasteiger partial charge in [-0.2, -0.15) is 0 Å². The molecule has 0 aliphatic rings. The Bertz CT molecular complexity index is 954. The first kappa shape index (κ1) is 22.0. The van der Waals surface area contributed by atoms with Gasteiger partial charge in [-0.25, -0.2) is 0 Å². The molecule has 0 aromatic heterocycles. The van der Waals surface area contributed by atoms with Gasteiger partial charge in [0, 0.05) is 12.8 Å². The number of para-hydroxylation sites is 2. The Morgan fingerprint density at radius 3 is 2.10 bits per heavy atom. The van der Waals surface area contributed by atoms with Crippen LogP contribution in [0.15, 0.2) is 72.8 Å². The zero-order valence-corrected chi connectivity index (χ0v) is 17.7. The Balaban J connectivity index is 1.45. The third-order valence-electron chi connectivity index (χ3n) is 4.28. The molecule has 3 aromatic carbocycles. The Morgan fingerprint density at radius 2 is 1.39 bits per heavy atom. The van der Waals surface area contributed by atoms with E-state index in [0.717, 1.165) is 17.2 Å². The minimum absolute atomic E-state index is 0.264. The molecule has 0 N–H and O–H groups in total. The highest BCUT2D eigenvalue weighted by Gasteiger charge is 2.15. The van der Waals surface area contributed by atoms with Crippen LogP contribution >= 0.6 is 0 Å². The Morgan fingerprint density at radius 1 is 0.742 bits per heavy atom. The maximum atomic E-state index is 11.7. The van der Waals surface area contributed by atoms with Gasteiger partial charge in [-0.15, -0.1) is 0 Å². The van der Waals surface area contributed by atoms with Crippen molar-refractivity contribution in [2.75, 3.05) is 20.3 Å². The number of hydrogen-bond acceptors (Lipinski definition) is 6. The molecule has 0 saturated heterocycles. The number of rotatable bonds is 11. The Labute approximate surface area is 182 Å². The topological polar surface area (TPSA) is 63.2 Å². The molecule has 0 atom stereocenters. The highest BCUT2D eigenvalue weighted by Crippen LogP contribution is 2.37. The fraction of sp³-hybridized carbons (Fsp3) is 0.240. The third-order valence-corrected chi connectivity index (χ3v) is 4.28. The molecule has 162 valence electrons. The van der Waals surface area contributed by atoms with Crippen molar-refractivity contribution < 1.29 is 28.5 Å². The highest BCUT2D eigenvalue weighted by atomic mass is 16.6. The maximum Gasteiger partial charge on any atom is 0.311 e. The zero-order valence-electron chi connectivity index (χ0n) is 17.7. The molecular formula is C25H26O6. The van der Waals surface area contributed by atoms with Gasteiger partial charge in [0.15, 0.2) is 11.5 Å². The number of ether oxygens (including phenoxy) is 5. The smallest absolute Gasteiger partial charge is 0.311 e. The van der Waals surface area contributed by atoms with Crippen LogP contribution in [0.2, 0.25) is 0 Å². The van der Waals surface area contributed by atoms with Crippen molar-refractivity contribution >= 4 is 5.97 Å². The molecular weight excluding hydrogens is 396 g/mol. The summed E-state index contributed by atoms with van der Waals surface area (Å²) in [7, 11) is 1.52. The predicted molar refractivity (Wildman–Crippen MR) is 117 cm³/mol. The molecule has 0 bridgehead atoms. The van der Waals surface area contributed by atoms with Crippen LogP contribution in [0.4, 0.5) is 0 Å². The van der Waals surface area contributed by atoms with Crippen molar-refractivity contribution in [3.8, 4) is 34.5 Å². The SMILES string of the molecule is CCC(=O)Oc1c(OC)cccc1OCCCOc1ccc(Oc2ccccc2)cc1. The minimum atomic E-state index is -0.350. The van der Waals surface area contributed by atoms with E-state index in [1.54, 1.807) is 25.1 Å². The fourth-order valence-corrected chi connectivity index (χ4v) is 2.72. The van der Waals surface area contributed by atoms with Crippen LogP contribution in [-0.4, -0.2) is 26.3 Å². The summed E-state index contributed by atoms with van der Waals surface area (Å²) < 4.78 is 28.0. The van der Waals surface area contributed by atoms with Gasteiger partial charge in [0.25, 0.3) is 0 Å². The lowest BCUT2D eigenvalue weighted by atomic mass is 10.3. The molecule has 3 aromatic rings. The van der Waals surface area contributed by atoms with Crippen LogP contribution in [0.25, 0.3) is 0 Å². The van der Waals surface area contributed by atoms with E-state index < -0.39 is 0 Å². The van der Waals surface area contributed by atoms with Crippen molar-refractivity contribution in [3.63, 3.8) is 0 Å². The van der Waals surface area contributed by atoms with Crippen molar-refractivity contribution in [2.24, 2.45) is 0 Å². The Kier molecular flexibility index (Phi) is 8.17. The molecule has 0 aliphatic carbocycles. The molecule has 6 nitrogen and oxygen atoms in total. The summed E-state index contributed by atoms with van der Waals surface area (Å²) in [6.45, 7) is 2.61. The maximum absolute atomic E-state index is 11.7. The van der Waals surface area contributed by atoms with E-state index in [-0.39, 0.29) is 12.4 Å². The first-order chi connectivity index (χ1) is 15.2. The summed E-state index contributed by atoms with van der Waals surface area (Å²) >= 11 is 0. The molecule has 0 unspecified atom stereocenters. The van der Waals surface area contributed by atoms with Gasteiger partial charge in [-0.1, -0.05) is 31.2 Å². The average Bonchev–Trinajstić information content (AvgIpc) is 2.81. The lowest BCUT2D eigenvalue weighted by Gasteiger charge is -2.14. The van der Waals surface area contributed by atoms with E-state index in [2.05, 4.69) is 0 Å². The van der Waals surface area contributed by atoms with Crippen LogP contribution in [-0.2, 0) is 4.79 Å². The Hall–Kier alpha value is -3.67. The van der Waals surface area contributed by atoms with E-state index in [1.807, 2.05) is 54.6 Å². The summed E-state index contributed by atoms with van der Waals surface area (Å²) in [5.41, 5.74) is 0. The van der Waals surface area contributed by atoms with E-state index in [1.165, 1.54) is 7.11 Å². The minimum Gasteiger partial charge on any atom is -0.493 e. The van der Waals surface area contributed by atoms with Gasteiger partial charge in [0.1, 0.15) is 17.2 Å². The van der Waals surface area contributed by atoms with Crippen molar-refractivity contribution in [1.82, 2.24) is 0 Å². The second kappa shape index (κ2) is 11.5. The molecule has 0 aliphatic heterocycles. The van der Waals surface area contributed by atoms with Gasteiger partial charge in [-0.05, 0) is 48.5 Å². The van der Waals surface area contributed by atoms with Crippen LogP contribution in [0.5, 0.6) is 34.5 Å². The molecule has 3 rings (SSSR count). The summed E-state index contributed by atoms with van der Waals surface area (Å²) in [4.78, 5) is 11.7. The lowest BCUT2D eigenvalue weighted by Crippen LogP contribution is -2.10. The number of benzene rings is 3. The molecule has 6 heteroatoms. The first-order valence-corrected chi connectivity index (χ1v) is 10.2. The normalized spacial score (nSPS) is 10.3. The summed E-state index contributed by atoms with van der Waals surface area (Å²) in [6, 6.07) is 22.3. The van der Waals surface area contributed by atoms with Crippen LogP contribution in [0, 0.1) is 0 Å². The van der Waals surface area contributed by atoms with Crippen molar-refractivity contribution in [2.45, 2.75) is 19.8 Å². The van der Waals surface area contributed by atoms with E-state index in [0.29, 0.717) is 36.9 Å². The summed E-state index contributed by atoms with van der Waals surface area (Å²) in [6.07, 6.45) is 0.918. The standard InChI is InChI=1S/C25H26O6/c1-3-24(26)31-25-22(27-2)11-7-12-23(25)29-18-8-17-28-19-13-15-21(16-14-19)30-20-9-5-4-6-10-20/h4-7,9-16H,3,8,17-18H2,1-2H3. The van der Waals surface area contributed by atoms with E-state index in [9.17, 15) is 4.79 Å². The van der Waals surface area contributed by atoms with Crippen LogP contribution in [0.3, 0.4) is 0 Å². The molecule has 0 radical (unpaired) electrons. The predicted octanol–water partition coefficient (Wildman–Crippen LogP) is 5.65. The number of carbonyl (C=O) groups is 1. The average molecular weight is 422 g/mol. The van der Waals surface area contributed by atoms with Crippen LogP contribution in [0.1, 0.15) is 19.8 Å². The summed E-state index contributed by atoms with van der Waals surface area (Å²) in [5.74, 6) is 3.14. The number of hydrogen-bond donors (Lipinski definition) is 0. The third kappa shape index (κ3) is 6.67. The number of carbonyl (C=O) groups excluding carboxylic acids is 1. The largest absolute Gasteiger partial charge is 0.493 e. The molecule has 0 amide bonds. The second-order valence-corrected chi connectivity index (χ2v) is 6.55. The second-order valence-electron chi connectivity index (χ2n) is 6.55. The first-order valence-electron chi connectivity index (χ1n) is 10.2. The zero-order chi connectivity index (χ0) is 21.9. The number of esters is 1. The highest BCUT2D eigenvalue weighted by molar-refractivity contribution is 5.74. The van der Waals surface area contributed by atoms with E-state index in [4.69, 9.17) is 23.7 Å².